The Morgan fingerprint density at radius 1 is 1.32 bits per heavy atom. The largest absolute Gasteiger partial charge is 0.444 e. The summed E-state index contributed by atoms with van der Waals surface area (Å²) in [5.74, 6) is 1.79. The van der Waals surface area contributed by atoms with Gasteiger partial charge in [0.2, 0.25) is 0 Å². The summed E-state index contributed by atoms with van der Waals surface area (Å²) in [5.41, 5.74) is -0.403. The first-order chi connectivity index (χ1) is 8.94. The molecule has 0 aromatic carbocycles. The first-order valence-corrected chi connectivity index (χ1v) is 7.63. The smallest absolute Gasteiger partial charge is 0.407 e. The van der Waals surface area contributed by atoms with Gasteiger partial charge in [-0.15, -0.1) is 0 Å². The fraction of sp³-hybridized carbons (Fsp3) is 0.933. The van der Waals surface area contributed by atoms with Gasteiger partial charge in [-0.1, -0.05) is 0 Å². The first-order valence-electron chi connectivity index (χ1n) is 7.63. The Kier molecular flexibility index (Phi) is 4.71. The van der Waals surface area contributed by atoms with Gasteiger partial charge in [-0.2, -0.15) is 0 Å². The summed E-state index contributed by atoms with van der Waals surface area (Å²) in [6.07, 6.45) is 4.76. The number of amides is 1. The normalized spacial score (nSPS) is 30.2. The van der Waals surface area contributed by atoms with E-state index in [1.165, 1.54) is 38.9 Å². The van der Waals surface area contributed by atoms with Crippen molar-refractivity contribution in [3.05, 3.63) is 0 Å². The Hall–Kier alpha value is -0.770. The third-order valence-corrected chi connectivity index (χ3v) is 4.21. The van der Waals surface area contributed by atoms with Gasteiger partial charge in [0.15, 0.2) is 0 Å². The van der Waals surface area contributed by atoms with E-state index in [1.807, 2.05) is 20.8 Å². The SMILES string of the molecule is CC(C)(C)OC(=O)NCCCC1CN2CCC1CC2. The van der Waals surface area contributed by atoms with Crippen LogP contribution < -0.4 is 5.32 Å². The molecule has 3 aliphatic heterocycles. The summed E-state index contributed by atoms with van der Waals surface area (Å²) in [4.78, 5) is 14.1. The number of nitrogens with zero attached hydrogens (tertiary/aromatic N) is 1. The fourth-order valence-electron chi connectivity index (χ4n) is 3.28. The molecule has 1 amide bonds. The van der Waals surface area contributed by atoms with Crippen LogP contribution in [0.3, 0.4) is 0 Å². The Balaban J connectivity index is 1.58. The van der Waals surface area contributed by atoms with Crippen molar-refractivity contribution < 1.29 is 9.53 Å². The maximum absolute atomic E-state index is 11.5. The molecule has 110 valence electrons. The molecule has 0 aliphatic carbocycles. The van der Waals surface area contributed by atoms with Crippen LogP contribution in [0.5, 0.6) is 0 Å². The minimum Gasteiger partial charge on any atom is -0.444 e. The molecular formula is C15H28N2O2. The van der Waals surface area contributed by atoms with Gasteiger partial charge in [0.1, 0.15) is 5.60 Å². The van der Waals surface area contributed by atoms with Crippen molar-refractivity contribution in [3.8, 4) is 0 Å². The predicted octanol–water partition coefficient (Wildman–Crippen LogP) is 2.63. The summed E-state index contributed by atoms with van der Waals surface area (Å²) in [5, 5.41) is 2.85. The van der Waals surface area contributed by atoms with Crippen LogP contribution in [0, 0.1) is 11.8 Å². The molecule has 1 N–H and O–H groups in total. The van der Waals surface area contributed by atoms with Crippen LogP contribution in [0.1, 0.15) is 46.5 Å². The number of piperidine rings is 3. The molecule has 3 aliphatic rings. The molecule has 1 unspecified atom stereocenters. The van der Waals surface area contributed by atoms with E-state index in [2.05, 4.69) is 10.2 Å². The van der Waals surface area contributed by atoms with Crippen molar-refractivity contribution in [2.45, 2.75) is 52.1 Å². The topological polar surface area (TPSA) is 41.6 Å². The Morgan fingerprint density at radius 2 is 2.00 bits per heavy atom. The van der Waals surface area contributed by atoms with E-state index < -0.39 is 5.60 Å². The minimum absolute atomic E-state index is 0.290. The van der Waals surface area contributed by atoms with Crippen molar-refractivity contribution in [1.82, 2.24) is 10.2 Å². The summed E-state index contributed by atoms with van der Waals surface area (Å²) in [7, 11) is 0. The van der Waals surface area contributed by atoms with Crippen molar-refractivity contribution in [2.75, 3.05) is 26.2 Å². The van der Waals surface area contributed by atoms with Crippen molar-refractivity contribution in [1.29, 1.82) is 0 Å². The van der Waals surface area contributed by atoms with E-state index in [-0.39, 0.29) is 6.09 Å². The zero-order valence-electron chi connectivity index (χ0n) is 12.6. The van der Waals surface area contributed by atoms with Crippen LogP contribution in [0.15, 0.2) is 0 Å². The standard InChI is InChI=1S/C15H28N2O2/c1-15(2,3)19-14(18)16-8-4-5-13-11-17-9-6-12(13)7-10-17/h12-13H,4-11H2,1-3H3,(H,16,18). The number of hydrogen-bond acceptors (Lipinski definition) is 3. The van der Waals surface area contributed by atoms with Gasteiger partial charge >= 0.3 is 6.09 Å². The van der Waals surface area contributed by atoms with Gasteiger partial charge in [-0.3, -0.25) is 0 Å². The molecule has 3 saturated heterocycles. The Bertz CT molecular complexity index is 304. The monoisotopic (exact) mass is 268 g/mol. The summed E-state index contributed by atoms with van der Waals surface area (Å²) in [6.45, 7) is 10.3. The maximum atomic E-state index is 11.5. The van der Waals surface area contributed by atoms with E-state index in [4.69, 9.17) is 4.74 Å². The second-order valence-electron chi connectivity index (χ2n) is 6.97. The number of carbonyl (C=O) groups excluding carboxylic acids is 1. The highest BCUT2D eigenvalue weighted by atomic mass is 16.6. The average molecular weight is 268 g/mol. The molecule has 0 spiro atoms. The van der Waals surface area contributed by atoms with E-state index >= 15 is 0 Å². The van der Waals surface area contributed by atoms with Gasteiger partial charge in [0.25, 0.3) is 0 Å². The van der Waals surface area contributed by atoms with E-state index in [9.17, 15) is 4.79 Å². The first kappa shape index (κ1) is 14.6. The second-order valence-corrected chi connectivity index (χ2v) is 6.97. The van der Waals surface area contributed by atoms with Crippen molar-refractivity contribution in [3.63, 3.8) is 0 Å². The number of ether oxygens (including phenoxy) is 1. The molecule has 2 bridgehead atoms. The molecular weight excluding hydrogens is 240 g/mol. The Morgan fingerprint density at radius 3 is 2.53 bits per heavy atom. The van der Waals surface area contributed by atoms with Gasteiger partial charge in [0.05, 0.1) is 0 Å². The number of hydrogen-bond donors (Lipinski definition) is 1. The molecule has 1 atom stereocenters. The highest BCUT2D eigenvalue weighted by Gasteiger charge is 2.33. The number of rotatable bonds is 4. The molecule has 0 saturated carbocycles. The predicted molar refractivity (Wildman–Crippen MR) is 76.1 cm³/mol. The van der Waals surface area contributed by atoms with Gasteiger partial charge in [0, 0.05) is 13.1 Å². The van der Waals surface area contributed by atoms with Crippen LogP contribution in [-0.4, -0.2) is 42.8 Å². The Labute approximate surface area is 116 Å². The number of nitrogens with one attached hydrogen (secondary N) is 1. The van der Waals surface area contributed by atoms with E-state index in [0.29, 0.717) is 0 Å². The molecule has 0 aromatic heterocycles. The molecule has 0 radical (unpaired) electrons. The third kappa shape index (κ3) is 4.68. The summed E-state index contributed by atoms with van der Waals surface area (Å²) >= 11 is 0. The summed E-state index contributed by atoms with van der Waals surface area (Å²) in [6, 6.07) is 0. The highest BCUT2D eigenvalue weighted by Crippen LogP contribution is 2.34. The lowest BCUT2D eigenvalue weighted by Crippen LogP contribution is -2.47. The van der Waals surface area contributed by atoms with Crippen LogP contribution >= 0.6 is 0 Å². The fourth-order valence-corrected chi connectivity index (χ4v) is 3.28. The lowest BCUT2D eigenvalue weighted by Gasteiger charge is -2.45. The number of alkyl carbamates (subject to hydrolysis) is 1. The third-order valence-electron chi connectivity index (χ3n) is 4.21. The molecule has 0 aromatic rings. The summed E-state index contributed by atoms with van der Waals surface area (Å²) < 4.78 is 5.22. The molecule has 4 nitrogen and oxygen atoms in total. The van der Waals surface area contributed by atoms with Crippen molar-refractivity contribution in [2.24, 2.45) is 11.8 Å². The van der Waals surface area contributed by atoms with Crippen LogP contribution in [0.2, 0.25) is 0 Å². The zero-order chi connectivity index (χ0) is 13.9. The van der Waals surface area contributed by atoms with Crippen molar-refractivity contribution >= 4 is 6.09 Å². The van der Waals surface area contributed by atoms with E-state index in [0.717, 1.165) is 24.8 Å². The van der Waals surface area contributed by atoms with Crippen LogP contribution in [-0.2, 0) is 4.74 Å². The molecule has 3 fully saturated rings. The maximum Gasteiger partial charge on any atom is 0.407 e. The minimum atomic E-state index is -0.403. The lowest BCUT2D eigenvalue weighted by atomic mass is 9.77. The number of carbonyl (C=O) groups is 1. The molecule has 19 heavy (non-hydrogen) atoms. The van der Waals surface area contributed by atoms with Crippen LogP contribution in [0.4, 0.5) is 4.79 Å². The molecule has 3 rings (SSSR count). The molecule has 4 heteroatoms. The lowest BCUT2D eigenvalue weighted by molar-refractivity contribution is 0.0438. The van der Waals surface area contributed by atoms with Gasteiger partial charge < -0.3 is 15.0 Å². The zero-order valence-corrected chi connectivity index (χ0v) is 12.6. The molecule has 3 heterocycles. The van der Waals surface area contributed by atoms with E-state index in [1.54, 1.807) is 0 Å². The number of fused-ring (bicyclic) bond motifs is 3. The second kappa shape index (κ2) is 6.12. The highest BCUT2D eigenvalue weighted by molar-refractivity contribution is 5.67. The van der Waals surface area contributed by atoms with Crippen LogP contribution in [0.25, 0.3) is 0 Å². The van der Waals surface area contributed by atoms with Gasteiger partial charge in [-0.25, -0.2) is 4.79 Å². The van der Waals surface area contributed by atoms with Gasteiger partial charge in [-0.05, 0) is 71.4 Å². The average Bonchev–Trinajstić information content (AvgIpc) is 2.34. The quantitative estimate of drug-likeness (QED) is 0.797.